The summed E-state index contributed by atoms with van der Waals surface area (Å²) in [5.74, 6) is -1.69. The Morgan fingerprint density at radius 1 is 1.04 bits per heavy atom. The number of nitrogens with one attached hydrogen (secondary N) is 1. The number of nitrogen functional groups attached to an aromatic ring is 1. The van der Waals surface area contributed by atoms with Gasteiger partial charge >= 0.3 is 0 Å². The molecule has 1 fully saturated rings. The summed E-state index contributed by atoms with van der Waals surface area (Å²) in [4.78, 5) is 6.47. The van der Waals surface area contributed by atoms with Crippen LogP contribution in [0, 0.1) is 0 Å². The van der Waals surface area contributed by atoms with Gasteiger partial charge in [0.1, 0.15) is 5.82 Å². The zero-order valence-electron chi connectivity index (χ0n) is 13.5. The molecule has 1 saturated heterocycles. The van der Waals surface area contributed by atoms with Gasteiger partial charge in [0.2, 0.25) is 0 Å². The van der Waals surface area contributed by atoms with Gasteiger partial charge in [-0.15, -0.1) is 0 Å². The standard InChI is InChI=1S/C18H22F2N4/c19-18(20)7-10-24(11-8-18)12-9-22-17-6-3-15(13-23-17)14-1-4-16(21)5-2-14/h1-6,13H,7-12,21H2,(H,22,23). The van der Waals surface area contributed by atoms with Gasteiger partial charge in [0.15, 0.2) is 0 Å². The first-order valence-corrected chi connectivity index (χ1v) is 8.18. The van der Waals surface area contributed by atoms with Crippen LogP contribution in [0.1, 0.15) is 12.8 Å². The monoisotopic (exact) mass is 332 g/mol. The molecule has 1 aliphatic heterocycles. The summed E-state index contributed by atoms with van der Waals surface area (Å²) in [5, 5.41) is 3.24. The second kappa shape index (κ2) is 7.13. The average molecular weight is 332 g/mol. The largest absolute Gasteiger partial charge is 0.399 e. The molecule has 0 amide bonds. The van der Waals surface area contributed by atoms with Crippen molar-refractivity contribution in [2.75, 3.05) is 37.2 Å². The van der Waals surface area contributed by atoms with Gasteiger partial charge in [0.25, 0.3) is 5.92 Å². The molecule has 0 atom stereocenters. The van der Waals surface area contributed by atoms with E-state index in [1.165, 1.54) is 0 Å². The lowest BCUT2D eigenvalue weighted by Gasteiger charge is -2.31. The summed E-state index contributed by atoms with van der Waals surface area (Å²) in [6, 6.07) is 11.6. The Labute approximate surface area is 140 Å². The highest BCUT2D eigenvalue weighted by molar-refractivity contribution is 5.65. The van der Waals surface area contributed by atoms with E-state index in [1.807, 2.05) is 42.6 Å². The molecule has 2 aromatic rings. The van der Waals surface area contributed by atoms with Gasteiger partial charge in [-0.3, -0.25) is 0 Å². The number of alkyl halides is 2. The van der Waals surface area contributed by atoms with Crippen LogP contribution < -0.4 is 11.1 Å². The Morgan fingerprint density at radius 2 is 1.71 bits per heavy atom. The topological polar surface area (TPSA) is 54.2 Å². The molecule has 0 bridgehead atoms. The summed E-state index contributed by atoms with van der Waals surface area (Å²) in [6.07, 6.45) is 1.73. The summed E-state index contributed by atoms with van der Waals surface area (Å²) >= 11 is 0. The first-order valence-electron chi connectivity index (χ1n) is 8.18. The molecule has 4 nitrogen and oxygen atoms in total. The van der Waals surface area contributed by atoms with Crippen molar-refractivity contribution in [2.45, 2.75) is 18.8 Å². The lowest BCUT2D eigenvalue weighted by molar-refractivity contribution is -0.0543. The van der Waals surface area contributed by atoms with Crippen LogP contribution in [-0.4, -0.2) is 42.0 Å². The molecule has 0 aliphatic carbocycles. The number of anilines is 2. The van der Waals surface area contributed by atoms with Crippen LogP contribution in [-0.2, 0) is 0 Å². The van der Waals surface area contributed by atoms with Crippen molar-refractivity contribution in [2.24, 2.45) is 0 Å². The van der Waals surface area contributed by atoms with Crippen molar-refractivity contribution in [3.63, 3.8) is 0 Å². The smallest absolute Gasteiger partial charge is 0.250 e. The predicted molar refractivity (Wildman–Crippen MR) is 93.2 cm³/mol. The number of nitrogens with two attached hydrogens (primary N) is 1. The predicted octanol–water partition coefficient (Wildman–Crippen LogP) is 3.47. The van der Waals surface area contributed by atoms with Crippen molar-refractivity contribution in [3.05, 3.63) is 42.6 Å². The number of nitrogens with zero attached hydrogens (tertiary/aromatic N) is 2. The van der Waals surface area contributed by atoms with E-state index in [-0.39, 0.29) is 12.8 Å². The molecule has 0 unspecified atom stereocenters. The minimum atomic E-state index is -2.48. The number of benzene rings is 1. The van der Waals surface area contributed by atoms with Gasteiger partial charge in [0, 0.05) is 56.5 Å². The molecule has 0 saturated carbocycles. The third-order valence-electron chi connectivity index (χ3n) is 4.33. The molecule has 1 aromatic carbocycles. The maximum absolute atomic E-state index is 13.1. The molecule has 3 rings (SSSR count). The number of likely N-dealkylation sites (tertiary alicyclic amines) is 1. The Balaban J connectivity index is 1.47. The first-order chi connectivity index (χ1) is 11.5. The molecule has 0 spiro atoms. The van der Waals surface area contributed by atoms with Crippen molar-refractivity contribution in [3.8, 4) is 11.1 Å². The Kier molecular flexibility index (Phi) is 4.94. The number of pyridine rings is 1. The summed E-state index contributed by atoms with van der Waals surface area (Å²) < 4.78 is 26.2. The Hall–Kier alpha value is -2.21. The molecule has 1 aromatic heterocycles. The highest BCUT2D eigenvalue weighted by Gasteiger charge is 2.33. The Bertz CT molecular complexity index is 646. The molecule has 0 radical (unpaired) electrons. The minimum absolute atomic E-state index is 0.0401. The molecule has 6 heteroatoms. The molecule has 3 N–H and O–H groups in total. The number of aromatic nitrogens is 1. The quantitative estimate of drug-likeness (QED) is 0.823. The van der Waals surface area contributed by atoms with E-state index in [0.29, 0.717) is 19.6 Å². The van der Waals surface area contributed by atoms with Gasteiger partial charge in [-0.1, -0.05) is 12.1 Å². The van der Waals surface area contributed by atoms with Crippen LogP contribution in [0.25, 0.3) is 11.1 Å². The fourth-order valence-electron chi connectivity index (χ4n) is 2.79. The molecule has 128 valence electrons. The molecule has 1 aliphatic rings. The van der Waals surface area contributed by atoms with Crippen LogP contribution in [0.4, 0.5) is 20.3 Å². The van der Waals surface area contributed by atoms with Crippen molar-refractivity contribution >= 4 is 11.5 Å². The highest BCUT2D eigenvalue weighted by Crippen LogP contribution is 2.27. The van der Waals surface area contributed by atoms with Crippen LogP contribution in [0.3, 0.4) is 0 Å². The number of rotatable bonds is 5. The molecule has 24 heavy (non-hydrogen) atoms. The maximum Gasteiger partial charge on any atom is 0.250 e. The van der Waals surface area contributed by atoms with Gasteiger partial charge in [0.05, 0.1) is 0 Å². The lowest BCUT2D eigenvalue weighted by atomic mass is 10.1. The average Bonchev–Trinajstić information content (AvgIpc) is 2.58. The van der Waals surface area contributed by atoms with E-state index in [4.69, 9.17) is 5.73 Å². The normalized spacial score (nSPS) is 17.6. The summed E-state index contributed by atoms with van der Waals surface area (Å²) in [5.41, 5.74) is 8.52. The lowest BCUT2D eigenvalue weighted by Crippen LogP contribution is -2.41. The van der Waals surface area contributed by atoms with E-state index < -0.39 is 5.92 Å². The summed E-state index contributed by atoms with van der Waals surface area (Å²) in [7, 11) is 0. The Morgan fingerprint density at radius 3 is 2.33 bits per heavy atom. The van der Waals surface area contributed by atoms with Crippen molar-refractivity contribution < 1.29 is 8.78 Å². The van der Waals surface area contributed by atoms with Gasteiger partial charge < -0.3 is 16.0 Å². The molecular weight excluding hydrogens is 310 g/mol. The number of halogens is 2. The van der Waals surface area contributed by atoms with Crippen LogP contribution >= 0.6 is 0 Å². The highest BCUT2D eigenvalue weighted by atomic mass is 19.3. The SMILES string of the molecule is Nc1ccc(-c2ccc(NCCN3CCC(F)(F)CC3)nc2)cc1. The molecular formula is C18H22F2N4. The van der Waals surface area contributed by atoms with Crippen LogP contribution in [0.2, 0.25) is 0 Å². The zero-order chi connectivity index (χ0) is 17.0. The van der Waals surface area contributed by atoms with Crippen LogP contribution in [0.15, 0.2) is 42.6 Å². The summed E-state index contributed by atoms with van der Waals surface area (Å²) in [6.45, 7) is 2.35. The second-order valence-electron chi connectivity index (χ2n) is 6.18. The van der Waals surface area contributed by atoms with Gasteiger partial charge in [-0.05, 0) is 29.8 Å². The zero-order valence-corrected chi connectivity index (χ0v) is 13.5. The van der Waals surface area contributed by atoms with E-state index in [0.717, 1.165) is 29.2 Å². The van der Waals surface area contributed by atoms with E-state index in [2.05, 4.69) is 15.2 Å². The van der Waals surface area contributed by atoms with Gasteiger partial charge in [-0.25, -0.2) is 13.8 Å². The van der Waals surface area contributed by atoms with E-state index >= 15 is 0 Å². The van der Waals surface area contributed by atoms with Gasteiger partial charge in [-0.2, -0.15) is 0 Å². The molecule has 2 heterocycles. The van der Waals surface area contributed by atoms with E-state index in [9.17, 15) is 8.78 Å². The first kappa shape index (κ1) is 16.6. The van der Waals surface area contributed by atoms with Crippen LogP contribution in [0.5, 0.6) is 0 Å². The number of hydrogen-bond acceptors (Lipinski definition) is 4. The number of piperidine rings is 1. The minimum Gasteiger partial charge on any atom is -0.399 e. The fraction of sp³-hybridized carbons (Fsp3) is 0.389. The third kappa shape index (κ3) is 4.41. The van der Waals surface area contributed by atoms with Crippen molar-refractivity contribution in [1.29, 1.82) is 0 Å². The fourth-order valence-corrected chi connectivity index (χ4v) is 2.79. The van der Waals surface area contributed by atoms with Crippen molar-refractivity contribution in [1.82, 2.24) is 9.88 Å². The second-order valence-corrected chi connectivity index (χ2v) is 6.18. The number of hydrogen-bond donors (Lipinski definition) is 2. The van der Waals surface area contributed by atoms with E-state index in [1.54, 1.807) is 0 Å². The third-order valence-corrected chi connectivity index (χ3v) is 4.33. The maximum atomic E-state index is 13.1.